The molecular formula is C49H46N10O6. The summed E-state index contributed by atoms with van der Waals surface area (Å²) in [4.78, 5) is 44.1. The SMILES string of the molecule is COc1cc2nccc(-c3cn4c(c3Nc3ccccc3)C(=O)NCC4)c2nc1OC.O=C1NCCn2cc(-c3ccnc4ccc(OC5CCOCC5)nc34)c(Nc3ccccc3)c21. The number of hydrogen-bond donors (Lipinski definition) is 4. The highest BCUT2D eigenvalue weighted by Gasteiger charge is 2.29. The lowest BCUT2D eigenvalue weighted by atomic mass is 10.0. The number of methoxy groups -OCH3 is 2. The molecule has 6 aromatic heterocycles. The molecule has 9 heterocycles. The molecule has 0 radical (unpaired) electrons. The number of amides is 2. The van der Waals surface area contributed by atoms with E-state index in [1.54, 1.807) is 32.7 Å². The highest BCUT2D eigenvalue weighted by Crippen LogP contribution is 2.41. The fraction of sp³-hybridized carbons (Fsp3) is 0.224. The number of para-hydroxylation sites is 2. The van der Waals surface area contributed by atoms with Gasteiger partial charge in [-0.15, -0.1) is 0 Å². The summed E-state index contributed by atoms with van der Waals surface area (Å²) in [6.07, 6.45) is 9.34. The van der Waals surface area contributed by atoms with Crippen molar-refractivity contribution >= 4 is 56.6 Å². The highest BCUT2D eigenvalue weighted by molar-refractivity contribution is 6.08. The molecule has 1 fully saturated rings. The Labute approximate surface area is 374 Å². The summed E-state index contributed by atoms with van der Waals surface area (Å²) >= 11 is 0. The number of aromatic nitrogens is 6. The molecule has 2 amide bonds. The molecule has 2 aromatic carbocycles. The molecule has 3 aliphatic heterocycles. The fourth-order valence-corrected chi connectivity index (χ4v) is 8.49. The number of nitrogens with zero attached hydrogens (tertiary/aromatic N) is 6. The van der Waals surface area contributed by atoms with Gasteiger partial charge in [0.05, 0.1) is 49.8 Å². The normalized spacial score (nSPS) is 14.6. The molecule has 11 rings (SSSR count). The number of benzene rings is 2. The first-order valence-electron chi connectivity index (χ1n) is 21.5. The molecule has 328 valence electrons. The molecule has 4 N–H and O–H groups in total. The van der Waals surface area contributed by atoms with Crippen molar-refractivity contribution in [1.29, 1.82) is 0 Å². The van der Waals surface area contributed by atoms with E-state index in [2.05, 4.69) is 36.2 Å². The number of fused-ring (bicyclic) bond motifs is 4. The van der Waals surface area contributed by atoms with E-state index in [0.29, 0.717) is 79.3 Å². The largest absolute Gasteiger partial charge is 0.491 e. The second-order valence-corrected chi connectivity index (χ2v) is 15.6. The van der Waals surface area contributed by atoms with Gasteiger partial charge in [-0.3, -0.25) is 19.6 Å². The summed E-state index contributed by atoms with van der Waals surface area (Å²) in [6, 6.07) is 29.1. The standard InChI is InChI=1S/C26H25N5O3.C23H21N5O3/c32-26-25-24(29-17-4-2-1-3-5-17)20(16-31(25)13-12-28-26)19-8-11-27-21-6-7-22(30-23(19)21)34-18-9-14-33-15-10-18;1-30-18-12-17-19(27-23(18)31-2)15(8-9-24-17)16-13-28-11-10-25-22(29)21(28)20(16)26-14-6-4-3-5-7-14/h1-8,11,16,18,29H,9-10,12-15H2,(H,28,32);3-9,12-13,26H,10-11H2,1-2H3,(H,25,29). The lowest BCUT2D eigenvalue weighted by Gasteiger charge is -2.22. The van der Waals surface area contributed by atoms with Crippen LogP contribution in [-0.4, -0.2) is 87.5 Å². The number of anilines is 4. The first-order valence-corrected chi connectivity index (χ1v) is 21.5. The van der Waals surface area contributed by atoms with Crippen molar-refractivity contribution in [1.82, 2.24) is 39.7 Å². The Morgan fingerprint density at radius 1 is 0.646 bits per heavy atom. The predicted molar refractivity (Wildman–Crippen MR) is 248 cm³/mol. The van der Waals surface area contributed by atoms with E-state index in [9.17, 15) is 9.59 Å². The van der Waals surface area contributed by atoms with Crippen molar-refractivity contribution in [3.63, 3.8) is 0 Å². The maximum atomic E-state index is 12.9. The monoisotopic (exact) mass is 870 g/mol. The summed E-state index contributed by atoms with van der Waals surface area (Å²) < 4.78 is 26.4. The van der Waals surface area contributed by atoms with Crippen LogP contribution in [0.15, 0.2) is 116 Å². The van der Waals surface area contributed by atoms with Gasteiger partial charge in [0.25, 0.3) is 17.7 Å². The smallest absolute Gasteiger partial charge is 0.270 e. The van der Waals surface area contributed by atoms with Crippen molar-refractivity contribution in [2.45, 2.75) is 32.0 Å². The van der Waals surface area contributed by atoms with Gasteiger partial charge in [0.15, 0.2) is 5.75 Å². The highest BCUT2D eigenvalue weighted by atomic mass is 16.5. The summed E-state index contributed by atoms with van der Waals surface area (Å²) in [5, 5.41) is 12.8. The van der Waals surface area contributed by atoms with E-state index < -0.39 is 0 Å². The molecule has 0 bridgehead atoms. The van der Waals surface area contributed by atoms with E-state index in [1.165, 1.54) is 0 Å². The second kappa shape index (κ2) is 18.0. The zero-order valence-electron chi connectivity index (χ0n) is 35.8. The Kier molecular flexibility index (Phi) is 11.4. The summed E-state index contributed by atoms with van der Waals surface area (Å²) in [5.74, 6) is 1.27. The van der Waals surface area contributed by atoms with Crippen molar-refractivity contribution < 1.29 is 28.5 Å². The van der Waals surface area contributed by atoms with E-state index in [0.717, 1.165) is 68.9 Å². The maximum Gasteiger partial charge on any atom is 0.270 e. The van der Waals surface area contributed by atoms with Gasteiger partial charge in [-0.05, 0) is 42.5 Å². The predicted octanol–water partition coefficient (Wildman–Crippen LogP) is 7.75. The molecule has 16 nitrogen and oxygen atoms in total. The Balaban J connectivity index is 0.000000154. The number of ether oxygens (including phenoxy) is 4. The van der Waals surface area contributed by atoms with Gasteiger partial charge in [-0.25, -0.2) is 9.97 Å². The van der Waals surface area contributed by atoms with Gasteiger partial charge >= 0.3 is 0 Å². The van der Waals surface area contributed by atoms with Crippen LogP contribution in [0.1, 0.15) is 33.8 Å². The molecule has 0 unspecified atom stereocenters. The Morgan fingerprint density at radius 2 is 1.20 bits per heavy atom. The molecule has 0 atom stereocenters. The lowest BCUT2D eigenvalue weighted by molar-refractivity contribution is 0.0239. The van der Waals surface area contributed by atoms with Gasteiger partial charge in [0.2, 0.25) is 5.88 Å². The second-order valence-electron chi connectivity index (χ2n) is 15.6. The molecule has 3 aliphatic rings. The van der Waals surface area contributed by atoms with E-state index in [1.807, 2.05) is 106 Å². The third-order valence-corrected chi connectivity index (χ3v) is 11.6. The van der Waals surface area contributed by atoms with Gasteiger partial charge in [0.1, 0.15) is 28.5 Å². The lowest BCUT2D eigenvalue weighted by Crippen LogP contribution is -2.35. The molecule has 16 heteroatoms. The van der Waals surface area contributed by atoms with Crippen LogP contribution in [0.2, 0.25) is 0 Å². The third-order valence-electron chi connectivity index (χ3n) is 11.6. The average Bonchev–Trinajstić information content (AvgIpc) is 3.91. The average molecular weight is 871 g/mol. The van der Waals surface area contributed by atoms with E-state index in [4.69, 9.17) is 23.9 Å². The molecule has 1 saturated heterocycles. The fourth-order valence-electron chi connectivity index (χ4n) is 8.49. The summed E-state index contributed by atoms with van der Waals surface area (Å²) in [5.41, 5.74) is 10.9. The van der Waals surface area contributed by atoms with Crippen LogP contribution in [0.3, 0.4) is 0 Å². The van der Waals surface area contributed by atoms with Crippen molar-refractivity contribution in [2.24, 2.45) is 0 Å². The first-order chi connectivity index (χ1) is 31.9. The minimum atomic E-state index is -0.110. The van der Waals surface area contributed by atoms with Crippen LogP contribution in [0, 0.1) is 0 Å². The van der Waals surface area contributed by atoms with Crippen LogP contribution in [0.4, 0.5) is 22.7 Å². The summed E-state index contributed by atoms with van der Waals surface area (Å²) in [7, 11) is 3.12. The van der Waals surface area contributed by atoms with Crippen LogP contribution in [0.5, 0.6) is 17.5 Å². The quantitative estimate of drug-likeness (QED) is 0.105. The van der Waals surface area contributed by atoms with Gasteiger partial charge < -0.3 is 49.3 Å². The third kappa shape index (κ3) is 8.22. The van der Waals surface area contributed by atoms with Crippen LogP contribution >= 0.6 is 0 Å². The van der Waals surface area contributed by atoms with Gasteiger partial charge in [-0.2, -0.15) is 0 Å². The molecule has 0 spiro atoms. The Morgan fingerprint density at radius 3 is 1.75 bits per heavy atom. The number of carbonyl (C=O) groups is 2. The zero-order chi connectivity index (χ0) is 44.3. The molecule has 0 aliphatic carbocycles. The Hall–Kier alpha value is -7.98. The van der Waals surface area contributed by atoms with Crippen molar-refractivity contribution in [3.05, 3.63) is 127 Å². The number of nitrogens with one attached hydrogen (secondary N) is 4. The van der Waals surface area contributed by atoms with E-state index >= 15 is 0 Å². The maximum absolute atomic E-state index is 12.9. The number of hydrogen-bond acceptors (Lipinski definition) is 12. The summed E-state index contributed by atoms with van der Waals surface area (Å²) in [6.45, 7) is 4.00. The van der Waals surface area contributed by atoms with Crippen LogP contribution in [0.25, 0.3) is 44.3 Å². The van der Waals surface area contributed by atoms with Crippen LogP contribution in [-0.2, 0) is 17.8 Å². The topological polar surface area (TPSA) is 181 Å². The molecule has 8 aromatic rings. The first kappa shape index (κ1) is 41.1. The minimum Gasteiger partial charge on any atom is -0.491 e. The number of carbonyl (C=O) groups excluding carboxylic acids is 2. The van der Waals surface area contributed by atoms with Crippen molar-refractivity contribution in [2.75, 3.05) is 51.2 Å². The molecular weight excluding hydrogens is 825 g/mol. The zero-order valence-corrected chi connectivity index (χ0v) is 35.8. The number of pyridine rings is 4. The van der Waals surface area contributed by atoms with E-state index in [-0.39, 0.29) is 17.9 Å². The molecule has 65 heavy (non-hydrogen) atoms. The van der Waals surface area contributed by atoms with Crippen LogP contribution < -0.4 is 35.5 Å². The number of rotatable bonds is 10. The van der Waals surface area contributed by atoms with Gasteiger partial charge in [0, 0.05) is 110 Å². The van der Waals surface area contributed by atoms with Gasteiger partial charge in [-0.1, -0.05) is 36.4 Å². The molecule has 0 saturated carbocycles. The minimum absolute atomic E-state index is 0.0919. The Bertz CT molecular complexity index is 3040. The van der Waals surface area contributed by atoms with Crippen molar-refractivity contribution in [3.8, 4) is 39.8 Å².